The maximum absolute atomic E-state index is 11.5. The highest BCUT2D eigenvalue weighted by Crippen LogP contribution is 2.31. The summed E-state index contributed by atoms with van der Waals surface area (Å²) in [5.74, 6) is 1.07. The van der Waals surface area contributed by atoms with Gasteiger partial charge in [-0.25, -0.2) is 4.79 Å². The number of furan rings is 1. The molecular weight excluding hydrogens is 338 g/mol. The highest BCUT2D eigenvalue weighted by Gasteiger charge is 2.19. The lowest BCUT2D eigenvalue weighted by Gasteiger charge is -2.15. The van der Waals surface area contributed by atoms with E-state index in [0.29, 0.717) is 5.76 Å². The van der Waals surface area contributed by atoms with E-state index in [-0.39, 0.29) is 11.8 Å². The van der Waals surface area contributed by atoms with Gasteiger partial charge in [-0.05, 0) is 52.8 Å². The van der Waals surface area contributed by atoms with E-state index in [2.05, 4.69) is 26.0 Å². The molecule has 2 aromatic rings. The Kier molecular flexibility index (Phi) is 5.03. The summed E-state index contributed by atoms with van der Waals surface area (Å²) in [5, 5.41) is 3.16. The van der Waals surface area contributed by atoms with Gasteiger partial charge in [0.25, 0.3) is 0 Å². The van der Waals surface area contributed by atoms with Gasteiger partial charge in [0.15, 0.2) is 0 Å². The van der Waals surface area contributed by atoms with E-state index in [0.717, 1.165) is 15.8 Å². The van der Waals surface area contributed by atoms with Crippen molar-refractivity contribution < 1.29 is 18.7 Å². The van der Waals surface area contributed by atoms with Crippen molar-refractivity contribution >= 4 is 21.9 Å². The van der Waals surface area contributed by atoms with Crippen molar-refractivity contribution in [1.82, 2.24) is 5.32 Å². The molecule has 0 saturated heterocycles. The van der Waals surface area contributed by atoms with E-state index in [4.69, 9.17) is 9.15 Å². The monoisotopic (exact) mass is 353 g/mol. The molecular formula is C15H16BrNO4. The van der Waals surface area contributed by atoms with E-state index in [9.17, 15) is 4.79 Å². The first-order valence-corrected chi connectivity index (χ1v) is 7.08. The fourth-order valence-corrected chi connectivity index (χ4v) is 2.61. The molecule has 6 heteroatoms. The zero-order valence-electron chi connectivity index (χ0n) is 12.0. The normalized spacial score (nSPS) is 12.0. The summed E-state index contributed by atoms with van der Waals surface area (Å²) in [5.41, 5.74) is 0.982. The second kappa shape index (κ2) is 6.78. The van der Waals surface area contributed by atoms with Crippen molar-refractivity contribution in [3.8, 4) is 5.75 Å². The van der Waals surface area contributed by atoms with Crippen LogP contribution in [0, 0.1) is 0 Å². The van der Waals surface area contributed by atoms with Crippen LogP contribution in [0.2, 0.25) is 0 Å². The molecule has 1 atom stereocenters. The van der Waals surface area contributed by atoms with Crippen molar-refractivity contribution in [2.24, 2.45) is 0 Å². The van der Waals surface area contributed by atoms with Gasteiger partial charge in [-0.15, -0.1) is 0 Å². The van der Waals surface area contributed by atoms with Gasteiger partial charge in [-0.3, -0.25) is 0 Å². The fourth-order valence-electron chi connectivity index (χ4n) is 2.05. The molecule has 0 aliphatic heterocycles. The van der Waals surface area contributed by atoms with Gasteiger partial charge in [0.1, 0.15) is 11.5 Å². The molecule has 5 nitrogen and oxygen atoms in total. The third-order valence-corrected chi connectivity index (χ3v) is 3.72. The summed E-state index contributed by atoms with van der Waals surface area (Å²) < 4.78 is 16.3. The largest absolute Gasteiger partial charge is 0.496 e. The average molecular weight is 354 g/mol. The number of nitrogens with one attached hydrogen (secondary N) is 1. The SMILES string of the molecule is CNC(c1ccc(OC)c(Br)c1)c1ccc(C(=O)OC)o1. The number of rotatable bonds is 5. The summed E-state index contributed by atoms with van der Waals surface area (Å²) >= 11 is 3.46. The van der Waals surface area contributed by atoms with Crippen LogP contribution in [-0.4, -0.2) is 27.2 Å². The van der Waals surface area contributed by atoms with Crippen molar-refractivity contribution in [2.75, 3.05) is 21.3 Å². The van der Waals surface area contributed by atoms with E-state index in [1.807, 2.05) is 25.2 Å². The predicted octanol–water partition coefficient (Wildman–Crippen LogP) is 3.15. The minimum Gasteiger partial charge on any atom is -0.496 e. The van der Waals surface area contributed by atoms with Crippen LogP contribution in [0.1, 0.15) is 27.9 Å². The van der Waals surface area contributed by atoms with Crippen LogP contribution in [-0.2, 0) is 4.74 Å². The molecule has 21 heavy (non-hydrogen) atoms. The van der Waals surface area contributed by atoms with Gasteiger partial charge >= 0.3 is 5.97 Å². The highest BCUT2D eigenvalue weighted by molar-refractivity contribution is 9.10. The topological polar surface area (TPSA) is 60.7 Å². The molecule has 0 bridgehead atoms. The van der Waals surface area contributed by atoms with Gasteiger partial charge in [-0.1, -0.05) is 6.07 Å². The Labute approximate surface area is 131 Å². The average Bonchev–Trinajstić information content (AvgIpc) is 2.97. The lowest BCUT2D eigenvalue weighted by Crippen LogP contribution is -2.17. The highest BCUT2D eigenvalue weighted by atomic mass is 79.9. The van der Waals surface area contributed by atoms with Crippen LogP contribution in [0.25, 0.3) is 0 Å². The first-order valence-electron chi connectivity index (χ1n) is 6.29. The lowest BCUT2D eigenvalue weighted by molar-refractivity contribution is 0.0562. The number of esters is 1. The Morgan fingerprint density at radius 3 is 2.62 bits per heavy atom. The number of halogens is 1. The Morgan fingerprint density at radius 1 is 1.29 bits per heavy atom. The molecule has 1 aromatic carbocycles. The predicted molar refractivity (Wildman–Crippen MR) is 81.6 cm³/mol. The van der Waals surface area contributed by atoms with Crippen LogP contribution in [0.4, 0.5) is 0 Å². The maximum Gasteiger partial charge on any atom is 0.373 e. The third kappa shape index (κ3) is 3.28. The van der Waals surface area contributed by atoms with Gasteiger partial charge in [-0.2, -0.15) is 0 Å². The molecule has 0 aliphatic carbocycles. The summed E-state index contributed by atoms with van der Waals surface area (Å²) in [7, 11) is 4.76. The van der Waals surface area contributed by atoms with Gasteiger partial charge in [0.05, 0.1) is 24.7 Å². The summed E-state index contributed by atoms with van der Waals surface area (Å²) in [6, 6.07) is 8.93. The molecule has 1 heterocycles. The first-order chi connectivity index (χ1) is 10.1. The number of ether oxygens (including phenoxy) is 2. The smallest absolute Gasteiger partial charge is 0.373 e. The minimum atomic E-state index is -0.494. The molecule has 0 fully saturated rings. The van der Waals surface area contributed by atoms with E-state index in [1.54, 1.807) is 19.2 Å². The molecule has 0 saturated carbocycles. The Hall–Kier alpha value is -1.79. The fraction of sp³-hybridized carbons (Fsp3) is 0.267. The molecule has 1 N–H and O–H groups in total. The molecule has 1 aromatic heterocycles. The Balaban J connectivity index is 2.33. The van der Waals surface area contributed by atoms with Crippen molar-refractivity contribution in [3.05, 3.63) is 51.9 Å². The summed E-state index contributed by atoms with van der Waals surface area (Å²) in [6.07, 6.45) is 0. The quantitative estimate of drug-likeness (QED) is 0.836. The Bertz CT molecular complexity index is 638. The maximum atomic E-state index is 11.5. The number of hydrogen-bond acceptors (Lipinski definition) is 5. The van der Waals surface area contributed by atoms with Gasteiger partial charge in [0.2, 0.25) is 5.76 Å². The summed E-state index contributed by atoms with van der Waals surface area (Å²) in [4.78, 5) is 11.5. The van der Waals surface area contributed by atoms with Crippen LogP contribution in [0.15, 0.2) is 39.2 Å². The van der Waals surface area contributed by atoms with Crippen LogP contribution in [0.5, 0.6) is 5.75 Å². The molecule has 0 radical (unpaired) electrons. The molecule has 0 aliphatic rings. The molecule has 2 rings (SSSR count). The zero-order valence-corrected chi connectivity index (χ0v) is 13.6. The second-order valence-electron chi connectivity index (χ2n) is 4.31. The number of hydrogen-bond donors (Lipinski definition) is 1. The molecule has 0 spiro atoms. The lowest BCUT2D eigenvalue weighted by atomic mass is 10.0. The molecule has 0 amide bonds. The van der Waals surface area contributed by atoms with E-state index in [1.165, 1.54) is 7.11 Å². The first kappa shape index (κ1) is 15.6. The van der Waals surface area contributed by atoms with Crippen molar-refractivity contribution in [1.29, 1.82) is 0 Å². The third-order valence-electron chi connectivity index (χ3n) is 3.10. The second-order valence-corrected chi connectivity index (χ2v) is 5.16. The van der Waals surface area contributed by atoms with Crippen LogP contribution >= 0.6 is 15.9 Å². The number of benzene rings is 1. The summed E-state index contributed by atoms with van der Waals surface area (Å²) in [6.45, 7) is 0. The van der Waals surface area contributed by atoms with Crippen LogP contribution < -0.4 is 10.1 Å². The standard InChI is InChI=1S/C15H16BrNO4/c1-17-14(9-4-5-11(19-2)10(16)8-9)12-6-7-13(21-12)15(18)20-3/h4-8,14,17H,1-3H3. The number of carbonyl (C=O) groups excluding carboxylic acids is 1. The van der Waals surface area contributed by atoms with E-state index >= 15 is 0 Å². The number of carbonyl (C=O) groups is 1. The van der Waals surface area contributed by atoms with Crippen molar-refractivity contribution in [2.45, 2.75) is 6.04 Å². The van der Waals surface area contributed by atoms with Gasteiger partial charge < -0.3 is 19.2 Å². The van der Waals surface area contributed by atoms with Crippen molar-refractivity contribution in [3.63, 3.8) is 0 Å². The van der Waals surface area contributed by atoms with Gasteiger partial charge in [0, 0.05) is 0 Å². The van der Waals surface area contributed by atoms with Crippen LogP contribution in [0.3, 0.4) is 0 Å². The minimum absolute atomic E-state index is 0.175. The molecule has 1 unspecified atom stereocenters. The molecule has 112 valence electrons. The van der Waals surface area contributed by atoms with E-state index < -0.39 is 5.97 Å². The zero-order chi connectivity index (χ0) is 15.4. The number of methoxy groups -OCH3 is 2. The Morgan fingerprint density at radius 2 is 2.05 bits per heavy atom.